The van der Waals surface area contributed by atoms with Gasteiger partial charge in [-0.05, 0) is 12.2 Å². The van der Waals surface area contributed by atoms with Crippen molar-refractivity contribution in [2.75, 3.05) is 5.75 Å². The molecule has 0 radical (unpaired) electrons. The van der Waals surface area contributed by atoms with Crippen molar-refractivity contribution >= 4 is 35.0 Å². The number of hydrogen-bond donors (Lipinski definition) is 0. The van der Waals surface area contributed by atoms with Crippen molar-refractivity contribution < 1.29 is 0 Å². The van der Waals surface area contributed by atoms with Crippen molar-refractivity contribution in [3.63, 3.8) is 0 Å². The molecule has 3 nitrogen and oxygen atoms in total. The van der Waals surface area contributed by atoms with E-state index < -0.39 is 0 Å². The minimum Gasteiger partial charge on any atom is -0.222 e. The van der Waals surface area contributed by atoms with Crippen LogP contribution in [0.15, 0.2) is 4.90 Å². The molecule has 17 heavy (non-hydrogen) atoms. The summed E-state index contributed by atoms with van der Waals surface area (Å²) in [6.07, 6.45) is 2.04. The normalized spacial score (nSPS) is 9.71. The van der Waals surface area contributed by atoms with Gasteiger partial charge in [0, 0.05) is 4.90 Å². The molecule has 0 aliphatic rings. The second-order valence-corrected chi connectivity index (χ2v) is 5.02. The molecule has 0 N–H and O–H groups in total. The standard InChI is InChI=1S/C11H9Cl2N3S/c1-2-3-4-17-9-7(5-14)10(12)16-11(13)8(9)6-15/h2-4H2,1H3. The highest BCUT2D eigenvalue weighted by molar-refractivity contribution is 7.99. The van der Waals surface area contributed by atoms with Gasteiger partial charge in [0.05, 0.1) is 0 Å². The number of thioether (sulfide) groups is 1. The van der Waals surface area contributed by atoms with E-state index in [1.54, 1.807) is 0 Å². The van der Waals surface area contributed by atoms with Crippen LogP contribution in [0.25, 0.3) is 0 Å². The van der Waals surface area contributed by atoms with Crippen molar-refractivity contribution in [1.29, 1.82) is 10.5 Å². The highest BCUT2D eigenvalue weighted by atomic mass is 35.5. The zero-order valence-corrected chi connectivity index (χ0v) is 11.5. The molecule has 0 bridgehead atoms. The predicted octanol–water partition coefficient (Wildman–Crippen LogP) is 4.02. The fourth-order valence-electron chi connectivity index (χ4n) is 1.17. The molecule has 1 rings (SSSR count). The number of unbranched alkanes of at least 4 members (excludes halogenated alkanes) is 1. The average molecular weight is 286 g/mol. The SMILES string of the molecule is CCCCSc1c(C#N)c(Cl)nc(Cl)c1C#N. The smallest absolute Gasteiger partial charge is 0.149 e. The molecule has 0 saturated carbocycles. The molecule has 0 fully saturated rings. The van der Waals surface area contributed by atoms with E-state index in [4.69, 9.17) is 33.7 Å². The lowest BCUT2D eigenvalue weighted by Gasteiger charge is -2.08. The Labute approximate surface area is 114 Å². The average Bonchev–Trinajstić information content (AvgIpc) is 2.29. The molecule has 0 atom stereocenters. The summed E-state index contributed by atoms with van der Waals surface area (Å²) in [7, 11) is 0. The molecule has 0 amide bonds. The first-order valence-corrected chi connectivity index (χ1v) is 6.71. The van der Waals surface area contributed by atoms with Crippen LogP contribution in [0, 0.1) is 22.7 Å². The summed E-state index contributed by atoms with van der Waals surface area (Å²) < 4.78 is 0. The van der Waals surface area contributed by atoms with Crippen LogP contribution in [0.4, 0.5) is 0 Å². The first-order chi connectivity index (χ1) is 8.15. The van der Waals surface area contributed by atoms with Gasteiger partial charge in [-0.15, -0.1) is 11.8 Å². The van der Waals surface area contributed by atoms with Crippen LogP contribution in [-0.2, 0) is 0 Å². The monoisotopic (exact) mass is 285 g/mol. The molecule has 6 heteroatoms. The van der Waals surface area contributed by atoms with Gasteiger partial charge in [0.1, 0.15) is 33.6 Å². The fraction of sp³-hybridized carbons (Fsp3) is 0.364. The zero-order chi connectivity index (χ0) is 12.8. The Morgan fingerprint density at radius 1 is 1.18 bits per heavy atom. The second-order valence-electron chi connectivity index (χ2n) is 3.20. The summed E-state index contributed by atoms with van der Waals surface area (Å²) in [5, 5.41) is 18.2. The molecule has 0 unspecified atom stereocenters. The number of hydrogen-bond acceptors (Lipinski definition) is 4. The van der Waals surface area contributed by atoms with Crippen molar-refractivity contribution in [2.24, 2.45) is 0 Å². The van der Waals surface area contributed by atoms with Crippen molar-refractivity contribution in [3.8, 4) is 12.1 Å². The van der Waals surface area contributed by atoms with E-state index in [-0.39, 0.29) is 21.4 Å². The van der Waals surface area contributed by atoms with E-state index in [0.717, 1.165) is 18.6 Å². The topological polar surface area (TPSA) is 60.5 Å². The summed E-state index contributed by atoms with van der Waals surface area (Å²) in [5.41, 5.74) is 0.461. The minimum atomic E-state index is 0.0514. The Balaban J connectivity index is 3.23. The fourth-order valence-corrected chi connectivity index (χ4v) is 2.98. The van der Waals surface area contributed by atoms with Crippen LogP contribution in [0.5, 0.6) is 0 Å². The largest absolute Gasteiger partial charge is 0.222 e. The van der Waals surface area contributed by atoms with Crippen LogP contribution in [-0.4, -0.2) is 10.7 Å². The molecule has 0 aliphatic heterocycles. The third kappa shape index (κ3) is 3.26. The first kappa shape index (κ1) is 14.1. The molecule has 88 valence electrons. The van der Waals surface area contributed by atoms with Gasteiger partial charge in [-0.25, -0.2) is 4.98 Å². The molecule has 0 spiro atoms. The third-order valence-electron chi connectivity index (χ3n) is 2.03. The van der Waals surface area contributed by atoms with E-state index in [2.05, 4.69) is 11.9 Å². The molecule has 0 aliphatic carbocycles. The van der Waals surface area contributed by atoms with E-state index in [1.165, 1.54) is 11.8 Å². The van der Waals surface area contributed by atoms with Gasteiger partial charge >= 0.3 is 0 Å². The highest BCUT2D eigenvalue weighted by Gasteiger charge is 2.18. The number of pyridine rings is 1. The molecule has 0 aromatic carbocycles. The Hall–Kier alpha value is -0.940. The number of halogens is 2. The number of nitrogens with zero attached hydrogens (tertiary/aromatic N) is 3. The summed E-state index contributed by atoms with van der Waals surface area (Å²) >= 11 is 13.1. The van der Waals surface area contributed by atoms with Gasteiger partial charge in [0.15, 0.2) is 0 Å². The summed E-state index contributed by atoms with van der Waals surface area (Å²) in [6.45, 7) is 2.07. The van der Waals surface area contributed by atoms with E-state index in [9.17, 15) is 0 Å². The van der Waals surface area contributed by atoms with E-state index >= 15 is 0 Å². The van der Waals surface area contributed by atoms with Crippen LogP contribution >= 0.6 is 35.0 Å². The summed E-state index contributed by atoms with van der Waals surface area (Å²) in [4.78, 5) is 4.31. The Morgan fingerprint density at radius 2 is 1.71 bits per heavy atom. The lowest BCUT2D eigenvalue weighted by molar-refractivity contribution is 0.896. The Bertz CT molecular complexity index is 465. The molecule has 1 aromatic heterocycles. The number of nitriles is 2. The van der Waals surface area contributed by atoms with Gasteiger partial charge in [0.2, 0.25) is 0 Å². The first-order valence-electron chi connectivity index (χ1n) is 4.97. The van der Waals surface area contributed by atoms with Crippen LogP contribution < -0.4 is 0 Å². The third-order valence-corrected chi connectivity index (χ3v) is 3.77. The quantitative estimate of drug-likeness (QED) is 0.476. The van der Waals surface area contributed by atoms with Crippen LogP contribution in [0.2, 0.25) is 10.3 Å². The molecule has 1 aromatic rings. The van der Waals surface area contributed by atoms with E-state index in [1.807, 2.05) is 12.1 Å². The minimum absolute atomic E-state index is 0.0514. The maximum Gasteiger partial charge on any atom is 0.149 e. The lowest BCUT2D eigenvalue weighted by Crippen LogP contribution is -1.95. The molecule has 1 heterocycles. The maximum atomic E-state index is 9.03. The van der Waals surface area contributed by atoms with Gasteiger partial charge in [0.25, 0.3) is 0 Å². The van der Waals surface area contributed by atoms with Crippen molar-refractivity contribution in [2.45, 2.75) is 24.7 Å². The number of rotatable bonds is 4. The predicted molar refractivity (Wildman–Crippen MR) is 69.3 cm³/mol. The Kier molecular flexibility index (Phi) is 5.58. The van der Waals surface area contributed by atoms with Gasteiger partial charge < -0.3 is 0 Å². The lowest BCUT2D eigenvalue weighted by atomic mass is 10.2. The van der Waals surface area contributed by atoms with Crippen LogP contribution in [0.1, 0.15) is 30.9 Å². The molecule has 0 saturated heterocycles. The van der Waals surface area contributed by atoms with Gasteiger partial charge in [-0.3, -0.25) is 0 Å². The second kappa shape index (κ2) is 6.71. The summed E-state index contributed by atoms with van der Waals surface area (Å²) in [5.74, 6) is 0.816. The van der Waals surface area contributed by atoms with Crippen LogP contribution in [0.3, 0.4) is 0 Å². The zero-order valence-electron chi connectivity index (χ0n) is 9.13. The maximum absolute atomic E-state index is 9.03. The Morgan fingerprint density at radius 3 is 2.12 bits per heavy atom. The van der Waals surface area contributed by atoms with E-state index in [0.29, 0.717) is 4.90 Å². The van der Waals surface area contributed by atoms with Gasteiger partial charge in [-0.2, -0.15) is 10.5 Å². The molecular formula is C11H9Cl2N3S. The summed E-state index contributed by atoms with van der Waals surface area (Å²) in [6, 6.07) is 3.94. The van der Waals surface area contributed by atoms with Gasteiger partial charge in [-0.1, -0.05) is 36.5 Å². The number of aromatic nitrogens is 1. The highest BCUT2D eigenvalue weighted by Crippen LogP contribution is 2.34. The van der Waals surface area contributed by atoms with Crippen molar-refractivity contribution in [1.82, 2.24) is 4.98 Å². The molecular weight excluding hydrogens is 277 g/mol. The van der Waals surface area contributed by atoms with Crippen molar-refractivity contribution in [3.05, 3.63) is 21.4 Å².